The molecule has 0 fully saturated rings. The molecule has 1 radical (unpaired) electrons. The van der Waals surface area contributed by atoms with Crippen LogP contribution in [0.4, 0.5) is 0 Å². The second-order valence-corrected chi connectivity index (χ2v) is 17.3. The van der Waals surface area contributed by atoms with Crippen LogP contribution in [-0.4, -0.2) is 61.6 Å². The molecule has 54 heavy (non-hydrogen) atoms. The summed E-state index contributed by atoms with van der Waals surface area (Å²) in [6.07, 6.45) is 11.5. The molecule has 0 atom stereocenters. The molecular formula is C40H58N4O7S2V. The number of unbranched alkanes of at least 4 members (excludes halogenated alkanes) is 8. The number of hydrogen-bond acceptors (Lipinski definition) is 8. The predicted molar refractivity (Wildman–Crippen MR) is 208 cm³/mol. The van der Waals surface area contributed by atoms with E-state index in [4.69, 9.17) is 0 Å². The van der Waals surface area contributed by atoms with E-state index in [-0.39, 0.29) is 56.4 Å². The second-order valence-electron chi connectivity index (χ2n) is 13.5. The zero-order valence-electron chi connectivity index (χ0n) is 32.8. The van der Waals surface area contributed by atoms with Crippen LogP contribution in [0.5, 0.6) is 11.5 Å². The van der Waals surface area contributed by atoms with E-state index >= 15 is 0 Å². The first-order valence-electron chi connectivity index (χ1n) is 19.0. The quantitative estimate of drug-likeness (QED) is 0.0810. The summed E-state index contributed by atoms with van der Waals surface area (Å²) in [5, 5.41) is 25.1. The van der Waals surface area contributed by atoms with Crippen molar-refractivity contribution in [1.82, 2.24) is 18.6 Å². The smallest absolute Gasteiger partial charge is 2.00 e. The number of pyridine rings is 2. The summed E-state index contributed by atoms with van der Waals surface area (Å²) in [5.74, 6) is -0.489. The summed E-state index contributed by atoms with van der Waals surface area (Å²) < 4.78 is 56.5. The summed E-state index contributed by atoms with van der Waals surface area (Å²) in [5.41, 5.74) is 1.86. The van der Waals surface area contributed by atoms with E-state index in [9.17, 15) is 27.0 Å². The van der Waals surface area contributed by atoms with Gasteiger partial charge in [-0.05, 0) is 75.9 Å². The largest absolute Gasteiger partial charge is 4.00 e. The summed E-state index contributed by atoms with van der Waals surface area (Å²) in [6, 6.07) is 12.4. The fourth-order valence-corrected chi connectivity index (χ4v) is 9.51. The number of aryl methyl sites for hydroxylation is 2. The van der Waals surface area contributed by atoms with Gasteiger partial charge in [0.25, 0.3) is 0 Å². The predicted octanol–water partition coefficient (Wildman–Crippen LogP) is 7.85. The van der Waals surface area contributed by atoms with Gasteiger partial charge in [0.1, 0.15) is 0 Å². The number of benzene rings is 2. The fourth-order valence-electron chi connectivity index (χ4n) is 6.11. The van der Waals surface area contributed by atoms with Crippen LogP contribution in [0, 0.1) is 13.8 Å². The number of aromatic nitrogens is 2. The summed E-state index contributed by atoms with van der Waals surface area (Å²) >= 11 is 0. The molecule has 4 aromatic rings. The minimum absolute atomic E-state index is 0. The van der Waals surface area contributed by atoms with Crippen LogP contribution in [0.1, 0.15) is 116 Å². The Morgan fingerprint density at radius 3 is 1.07 bits per heavy atom. The van der Waals surface area contributed by atoms with E-state index < -0.39 is 20.0 Å². The number of sulfonamides is 2. The van der Waals surface area contributed by atoms with Gasteiger partial charge in [0.05, 0.1) is 20.8 Å². The molecule has 0 amide bonds. The standard InChI is InChI=1S/2C20H30N2O3S.O.V/c2*1-4-6-8-14-22(15-9-7-5-2)26(24,25)19-13-12-18(23)20-17(19)11-10-16(3)21-20;;/h2*10-13,23H,4-9,14-15H2,1-3H3;;/q;;-2;+4/p-2. The van der Waals surface area contributed by atoms with Crippen molar-refractivity contribution in [2.24, 2.45) is 0 Å². The van der Waals surface area contributed by atoms with Crippen molar-refractivity contribution >= 4 is 41.9 Å². The Morgan fingerprint density at radius 2 is 0.796 bits per heavy atom. The molecule has 0 aliphatic heterocycles. The minimum Gasteiger partial charge on any atom is -2.00 e. The van der Waals surface area contributed by atoms with E-state index in [1.165, 1.54) is 24.3 Å². The third-order valence-corrected chi connectivity index (χ3v) is 13.0. The number of nitrogens with zero attached hydrogens (tertiary/aromatic N) is 4. The van der Waals surface area contributed by atoms with E-state index in [0.29, 0.717) is 48.3 Å². The van der Waals surface area contributed by atoms with Gasteiger partial charge < -0.3 is 15.7 Å². The Hall–Kier alpha value is -2.78. The molecule has 0 saturated heterocycles. The zero-order valence-corrected chi connectivity index (χ0v) is 35.9. The summed E-state index contributed by atoms with van der Waals surface area (Å²) in [7, 11) is -7.33. The first-order valence-corrected chi connectivity index (χ1v) is 21.9. The molecule has 297 valence electrons. The third-order valence-electron chi connectivity index (χ3n) is 9.12. The van der Waals surface area contributed by atoms with Gasteiger partial charge in [0.2, 0.25) is 20.0 Å². The van der Waals surface area contributed by atoms with Gasteiger partial charge in [-0.15, -0.1) is 0 Å². The average molecular weight is 822 g/mol. The van der Waals surface area contributed by atoms with Crippen LogP contribution >= 0.6 is 0 Å². The van der Waals surface area contributed by atoms with E-state index in [2.05, 4.69) is 37.7 Å². The zero-order chi connectivity index (χ0) is 38.3. The molecule has 0 saturated carbocycles. The SMILES string of the molecule is CCCCCN(CCCCC)S(=O)(=O)c1ccc([O-])c2nc(C)ccc12.CCCCCN(CCCCC)S(=O)(=O)c1ccc([O-])c2nc(C)ccc12.[O-2].[V+4]. The summed E-state index contributed by atoms with van der Waals surface area (Å²) in [4.78, 5) is 8.90. The molecule has 2 aromatic heterocycles. The van der Waals surface area contributed by atoms with Crippen molar-refractivity contribution in [2.45, 2.75) is 128 Å². The van der Waals surface area contributed by atoms with Crippen molar-refractivity contribution in [3.05, 3.63) is 59.9 Å². The van der Waals surface area contributed by atoms with Gasteiger partial charge in [-0.2, -0.15) is 8.61 Å². The van der Waals surface area contributed by atoms with Crippen LogP contribution < -0.4 is 10.2 Å². The molecule has 0 aliphatic rings. The minimum atomic E-state index is -3.66. The summed E-state index contributed by atoms with van der Waals surface area (Å²) in [6.45, 7) is 14.0. The Bertz CT molecular complexity index is 1800. The fraction of sp³-hybridized carbons (Fsp3) is 0.550. The van der Waals surface area contributed by atoms with Crippen LogP contribution in [0.25, 0.3) is 21.8 Å². The van der Waals surface area contributed by atoms with Crippen LogP contribution in [0.3, 0.4) is 0 Å². The van der Waals surface area contributed by atoms with Crippen LogP contribution in [-0.2, 0) is 44.1 Å². The molecule has 0 aliphatic carbocycles. The molecule has 2 heterocycles. The van der Waals surface area contributed by atoms with Crippen molar-refractivity contribution in [3.63, 3.8) is 0 Å². The van der Waals surface area contributed by atoms with Crippen LogP contribution in [0.15, 0.2) is 58.3 Å². The molecule has 2 aromatic carbocycles. The molecule has 14 heteroatoms. The molecular weight excluding hydrogens is 764 g/mol. The monoisotopic (exact) mass is 821 g/mol. The van der Waals surface area contributed by atoms with Gasteiger partial charge in [0, 0.05) is 48.3 Å². The Morgan fingerprint density at radius 1 is 0.500 bits per heavy atom. The van der Waals surface area contributed by atoms with Gasteiger partial charge in [-0.1, -0.05) is 103 Å². The third kappa shape index (κ3) is 13.2. The first-order chi connectivity index (χ1) is 24.8. The van der Waals surface area contributed by atoms with Crippen molar-refractivity contribution in [3.8, 4) is 11.5 Å². The maximum atomic E-state index is 13.3. The van der Waals surface area contributed by atoms with Gasteiger partial charge in [-0.25, -0.2) is 16.8 Å². The molecule has 0 bridgehead atoms. The Kier molecular flexibility index (Phi) is 21.9. The van der Waals surface area contributed by atoms with E-state index in [0.717, 1.165) is 77.0 Å². The van der Waals surface area contributed by atoms with Crippen molar-refractivity contribution in [2.75, 3.05) is 26.2 Å². The van der Waals surface area contributed by atoms with Crippen LogP contribution in [0.2, 0.25) is 0 Å². The first kappa shape index (κ1) is 49.2. The second kappa shape index (κ2) is 24.0. The van der Waals surface area contributed by atoms with Gasteiger partial charge in [-0.3, -0.25) is 9.97 Å². The maximum Gasteiger partial charge on any atom is 4.00 e. The van der Waals surface area contributed by atoms with Gasteiger partial charge in [0.15, 0.2) is 0 Å². The average Bonchev–Trinajstić information content (AvgIpc) is 3.11. The van der Waals surface area contributed by atoms with Crippen molar-refractivity contribution < 1.29 is 51.1 Å². The van der Waals surface area contributed by atoms with Gasteiger partial charge >= 0.3 is 18.6 Å². The Labute approximate surface area is 335 Å². The Balaban J connectivity index is 0.000000521. The molecule has 0 N–H and O–H groups in total. The van der Waals surface area contributed by atoms with E-state index in [1.54, 1.807) is 46.7 Å². The normalized spacial score (nSPS) is 11.7. The molecule has 0 spiro atoms. The van der Waals surface area contributed by atoms with E-state index in [1.807, 2.05) is 0 Å². The van der Waals surface area contributed by atoms with Crippen molar-refractivity contribution in [1.29, 1.82) is 0 Å². The number of fused-ring (bicyclic) bond motifs is 2. The molecule has 0 unspecified atom stereocenters. The number of hydrogen-bond donors (Lipinski definition) is 0. The molecule has 11 nitrogen and oxygen atoms in total. The number of rotatable bonds is 20. The maximum absolute atomic E-state index is 13.3. The molecule has 4 rings (SSSR count). The topological polar surface area (TPSA) is 175 Å².